The Balaban J connectivity index is 1.34. The standard InChI is InChI=1S/C23H26N4O3S/c1-31(29,30)20-10-7-18(8-11-20)16-23(28)24-19-9-12-21-25-26-22(27(21)14-13-19)15-17-5-3-2-4-6-17/h2-8,10-11,19H,9,12-16H2,1H3,(H,24,28). The number of nitrogens with zero attached hydrogens (tertiary/aromatic N) is 3. The first-order chi connectivity index (χ1) is 14.9. The number of hydrogen-bond donors (Lipinski definition) is 1. The van der Waals surface area contributed by atoms with Crippen LogP contribution in [0.1, 0.15) is 35.6 Å². The first kappa shape index (κ1) is 21.2. The average molecular weight is 439 g/mol. The Labute approximate surface area is 182 Å². The van der Waals surface area contributed by atoms with Crippen molar-refractivity contribution in [1.82, 2.24) is 20.1 Å². The number of rotatable bonds is 6. The fourth-order valence-electron chi connectivity index (χ4n) is 3.92. The van der Waals surface area contributed by atoms with E-state index < -0.39 is 9.84 Å². The maximum atomic E-state index is 12.5. The number of amides is 1. The van der Waals surface area contributed by atoms with Gasteiger partial charge in [-0.05, 0) is 36.1 Å². The average Bonchev–Trinajstić information content (AvgIpc) is 3.00. The summed E-state index contributed by atoms with van der Waals surface area (Å²) in [4.78, 5) is 12.8. The summed E-state index contributed by atoms with van der Waals surface area (Å²) in [7, 11) is -3.23. The molecule has 0 spiro atoms. The van der Waals surface area contributed by atoms with Crippen molar-refractivity contribution < 1.29 is 13.2 Å². The Morgan fingerprint density at radius 3 is 2.48 bits per heavy atom. The second-order valence-electron chi connectivity index (χ2n) is 8.03. The normalized spacial score (nSPS) is 16.4. The van der Waals surface area contributed by atoms with Gasteiger partial charge in [-0.3, -0.25) is 4.79 Å². The lowest BCUT2D eigenvalue weighted by Crippen LogP contribution is -2.36. The summed E-state index contributed by atoms with van der Waals surface area (Å²) < 4.78 is 25.3. The highest BCUT2D eigenvalue weighted by atomic mass is 32.2. The maximum Gasteiger partial charge on any atom is 0.224 e. The van der Waals surface area contributed by atoms with E-state index in [0.717, 1.165) is 49.4 Å². The van der Waals surface area contributed by atoms with Gasteiger partial charge >= 0.3 is 0 Å². The van der Waals surface area contributed by atoms with E-state index >= 15 is 0 Å². The van der Waals surface area contributed by atoms with Gasteiger partial charge in [0.15, 0.2) is 9.84 Å². The van der Waals surface area contributed by atoms with E-state index in [0.29, 0.717) is 0 Å². The van der Waals surface area contributed by atoms with Gasteiger partial charge in [0, 0.05) is 31.7 Å². The third kappa shape index (κ3) is 5.38. The number of sulfone groups is 1. The first-order valence-corrected chi connectivity index (χ1v) is 12.3. The molecule has 0 radical (unpaired) electrons. The molecule has 31 heavy (non-hydrogen) atoms. The molecule has 162 valence electrons. The molecular weight excluding hydrogens is 412 g/mol. The van der Waals surface area contributed by atoms with E-state index in [1.807, 2.05) is 18.2 Å². The Kier molecular flexibility index (Phi) is 6.18. The highest BCUT2D eigenvalue weighted by Crippen LogP contribution is 2.18. The molecule has 0 aliphatic carbocycles. The number of carbonyl (C=O) groups is 1. The molecule has 8 heteroatoms. The van der Waals surface area contributed by atoms with Crippen molar-refractivity contribution in [3.8, 4) is 0 Å². The van der Waals surface area contributed by atoms with Gasteiger partial charge in [-0.1, -0.05) is 42.5 Å². The summed E-state index contributed by atoms with van der Waals surface area (Å²) in [5, 5.41) is 11.9. The lowest BCUT2D eigenvalue weighted by molar-refractivity contribution is -0.121. The highest BCUT2D eigenvalue weighted by molar-refractivity contribution is 7.90. The van der Waals surface area contributed by atoms with Gasteiger partial charge in [-0.25, -0.2) is 8.42 Å². The molecule has 7 nitrogen and oxygen atoms in total. The van der Waals surface area contributed by atoms with Crippen molar-refractivity contribution in [3.05, 3.63) is 77.4 Å². The van der Waals surface area contributed by atoms with Gasteiger partial charge in [-0.2, -0.15) is 0 Å². The van der Waals surface area contributed by atoms with E-state index in [9.17, 15) is 13.2 Å². The van der Waals surface area contributed by atoms with E-state index in [2.05, 4.69) is 32.2 Å². The second kappa shape index (κ2) is 9.01. The van der Waals surface area contributed by atoms with Crippen molar-refractivity contribution in [2.24, 2.45) is 0 Å². The van der Waals surface area contributed by atoms with Crippen LogP contribution < -0.4 is 5.32 Å². The molecule has 0 bridgehead atoms. The Morgan fingerprint density at radius 2 is 1.77 bits per heavy atom. The number of benzene rings is 2. The summed E-state index contributed by atoms with van der Waals surface area (Å²) >= 11 is 0. The monoisotopic (exact) mass is 438 g/mol. The Bertz CT molecular complexity index is 1160. The number of fused-ring (bicyclic) bond motifs is 1. The lowest BCUT2D eigenvalue weighted by Gasteiger charge is -2.16. The molecule has 2 aromatic carbocycles. The quantitative estimate of drug-likeness (QED) is 0.638. The van der Waals surface area contributed by atoms with Gasteiger partial charge in [-0.15, -0.1) is 10.2 Å². The van der Waals surface area contributed by atoms with Crippen LogP contribution in [0.15, 0.2) is 59.5 Å². The maximum absolute atomic E-state index is 12.5. The molecule has 2 heterocycles. The Morgan fingerprint density at radius 1 is 1.03 bits per heavy atom. The third-order valence-corrected chi connectivity index (χ3v) is 6.74. The van der Waals surface area contributed by atoms with Crippen molar-refractivity contribution in [2.75, 3.05) is 6.26 Å². The molecule has 1 unspecified atom stereocenters. The molecule has 1 N–H and O–H groups in total. The zero-order chi connectivity index (χ0) is 21.8. The molecule has 1 aliphatic heterocycles. The topological polar surface area (TPSA) is 93.9 Å². The minimum absolute atomic E-state index is 0.0562. The predicted octanol–water partition coefficient (Wildman–Crippen LogP) is 2.34. The molecule has 4 rings (SSSR count). The number of carbonyl (C=O) groups excluding carboxylic acids is 1. The zero-order valence-electron chi connectivity index (χ0n) is 17.5. The van der Waals surface area contributed by atoms with Crippen LogP contribution in [-0.2, 0) is 40.4 Å². The fourth-order valence-corrected chi connectivity index (χ4v) is 4.55. The molecule has 1 atom stereocenters. The summed E-state index contributed by atoms with van der Waals surface area (Å²) in [6, 6.07) is 16.8. The van der Waals surface area contributed by atoms with Gasteiger partial charge in [0.2, 0.25) is 5.91 Å². The molecule has 0 fully saturated rings. The van der Waals surface area contributed by atoms with Crippen molar-refractivity contribution in [1.29, 1.82) is 0 Å². The second-order valence-corrected chi connectivity index (χ2v) is 10.0. The van der Waals surface area contributed by atoms with Crippen LogP contribution in [0.4, 0.5) is 0 Å². The molecule has 0 saturated carbocycles. The van der Waals surface area contributed by atoms with Crippen molar-refractivity contribution >= 4 is 15.7 Å². The van der Waals surface area contributed by atoms with Crippen molar-refractivity contribution in [3.63, 3.8) is 0 Å². The van der Waals surface area contributed by atoms with Crippen LogP contribution in [0.25, 0.3) is 0 Å². The van der Waals surface area contributed by atoms with Gasteiger partial charge in [0.05, 0.1) is 11.3 Å². The smallest absolute Gasteiger partial charge is 0.224 e. The number of aryl methyl sites for hydroxylation is 1. The number of hydrogen-bond acceptors (Lipinski definition) is 5. The van der Waals surface area contributed by atoms with Crippen LogP contribution in [-0.4, -0.2) is 41.4 Å². The van der Waals surface area contributed by atoms with Crippen LogP contribution in [0.2, 0.25) is 0 Å². The summed E-state index contributed by atoms with van der Waals surface area (Å²) in [5.41, 5.74) is 1.99. The largest absolute Gasteiger partial charge is 0.353 e. The molecule has 1 amide bonds. The molecule has 1 aliphatic rings. The van der Waals surface area contributed by atoms with Crippen LogP contribution >= 0.6 is 0 Å². The SMILES string of the molecule is CS(=O)(=O)c1ccc(CC(=O)NC2CCc3nnc(Cc4ccccc4)n3CC2)cc1. The van der Waals surface area contributed by atoms with E-state index in [4.69, 9.17) is 0 Å². The molecule has 1 aromatic heterocycles. The van der Waals surface area contributed by atoms with Gasteiger partial charge < -0.3 is 9.88 Å². The highest BCUT2D eigenvalue weighted by Gasteiger charge is 2.21. The lowest BCUT2D eigenvalue weighted by atomic mass is 10.1. The summed E-state index contributed by atoms with van der Waals surface area (Å²) in [6.45, 7) is 0.776. The van der Waals surface area contributed by atoms with Gasteiger partial charge in [0.25, 0.3) is 0 Å². The van der Waals surface area contributed by atoms with Crippen molar-refractivity contribution in [2.45, 2.75) is 49.6 Å². The molecule has 3 aromatic rings. The predicted molar refractivity (Wildman–Crippen MR) is 117 cm³/mol. The summed E-state index contributed by atoms with van der Waals surface area (Å²) in [5.74, 6) is 1.87. The van der Waals surface area contributed by atoms with Crippen LogP contribution in [0, 0.1) is 0 Å². The number of aromatic nitrogens is 3. The van der Waals surface area contributed by atoms with E-state index in [-0.39, 0.29) is 23.3 Å². The van der Waals surface area contributed by atoms with Gasteiger partial charge in [0.1, 0.15) is 11.6 Å². The van der Waals surface area contributed by atoms with Crippen LogP contribution in [0.3, 0.4) is 0 Å². The molecule has 0 saturated heterocycles. The van der Waals surface area contributed by atoms with Crippen LogP contribution in [0.5, 0.6) is 0 Å². The third-order valence-electron chi connectivity index (χ3n) is 5.61. The minimum atomic E-state index is -3.23. The first-order valence-electron chi connectivity index (χ1n) is 10.4. The minimum Gasteiger partial charge on any atom is -0.353 e. The Hall–Kier alpha value is -3.00. The molecular formula is C23H26N4O3S. The van der Waals surface area contributed by atoms with E-state index in [1.165, 1.54) is 11.8 Å². The number of nitrogens with one attached hydrogen (secondary N) is 1. The zero-order valence-corrected chi connectivity index (χ0v) is 18.3. The van der Waals surface area contributed by atoms with E-state index in [1.54, 1.807) is 24.3 Å². The summed E-state index contributed by atoms with van der Waals surface area (Å²) in [6.07, 6.45) is 4.57. The fraction of sp³-hybridized carbons (Fsp3) is 0.348.